The summed E-state index contributed by atoms with van der Waals surface area (Å²) in [6.45, 7) is 1.82. The first kappa shape index (κ1) is 8.91. The predicted molar refractivity (Wildman–Crippen MR) is 62.4 cm³/mol. The second-order valence-electron chi connectivity index (χ2n) is 3.74. The highest BCUT2D eigenvalue weighted by atomic mass is 127. The van der Waals surface area contributed by atoms with E-state index in [4.69, 9.17) is 4.74 Å². The maximum absolute atomic E-state index is 5.56. The SMILES string of the molecule is Ic1ccnc(N2CCOC3CC32)c1. The van der Waals surface area contributed by atoms with Crippen LogP contribution in [-0.2, 0) is 4.74 Å². The summed E-state index contributed by atoms with van der Waals surface area (Å²) in [5, 5.41) is 0. The molecule has 14 heavy (non-hydrogen) atoms. The third kappa shape index (κ3) is 1.50. The molecule has 3 nitrogen and oxygen atoms in total. The first-order valence-electron chi connectivity index (χ1n) is 4.84. The second-order valence-corrected chi connectivity index (χ2v) is 4.98. The summed E-state index contributed by atoms with van der Waals surface area (Å²) in [7, 11) is 0. The molecule has 4 heteroatoms. The lowest BCUT2D eigenvalue weighted by Gasteiger charge is -2.27. The van der Waals surface area contributed by atoms with Crippen molar-refractivity contribution in [2.45, 2.75) is 18.6 Å². The van der Waals surface area contributed by atoms with Gasteiger partial charge >= 0.3 is 0 Å². The van der Waals surface area contributed by atoms with Gasteiger partial charge in [-0.15, -0.1) is 0 Å². The first-order chi connectivity index (χ1) is 6.84. The second kappa shape index (κ2) is 3.34. The Morgan fingerprint density at radius 1 is 1.57 bits per heavy atom. The molecule has 0 amide bonds. The van der Waals surface area contributed by atoms with Crippen LogP contribution in [0.4, 0.5) is 5.82 Å². The topological polar surface area (TPSA) is 25.4 Å². The number of anilines is 1. The van der Waals surface area contributed by atoms with Crippen molar-refractivity contribution >= 4 is 28.4 Å². The summed E-state index contributed by atoms with van der Waals surface area (Å²) in [5.41, 5.74) is 0. The van der Waals surface area contributed by atoms with E-state index in [1.165, 1.54) is 9.99 Å². The van der Waals surface area contributed by atoms with Crippen LogP contribution in [-0.4, -0.2) is 30.3 Å². The van der Waals surface area contributed by atoms with E-state index in [-0.39, 0.29) is 0 Å². The van der Waals surface area contributed by atoms with Gasteiger partial charge < -0.3 is 9.64 Å². The molecule has 1 aliphatic heterocycles. The third-order valence-corrected chi connectivity index (χ3v) is 3.44. The van der Waals surface area contributed by atoms with Crippen LogP contribution < -0.4 is 4.90 Å². The Morgan fingerprint density at radius 2 is 2.50 bits per heavy atom. The van der Waals surface area contributed by atoms with E-state index in [1.54, 1.807) is 0 Å². The molecule has 2 unspecified atom stereocenters. The quantitative estimate of drug-likeness (QED) is 0.738. The molecule has 1 aliphatic carbocycles. The lowest BCUT2D eigenvalue weighted by atomic mass is 10.3. The Bertz CT molecular complexity index is 358. The van der Waals surface area contributed by atoms with Gasteiger partial charge in [-0.05, 0) is 41.1 Å². The number of pyridine rings is 1. The molecule has 2 aliphatic rings. The van der Waals surface area contributed by atoms with Crippen molar-refractivity contribution < 1.29 is 4.74 Å². The Kier molecular flexibility index (Phi) is 2.13. The molecule has 0 aromatic carbocycles. The Hall–Kier alpha value is -0.360. The van der Waals surface area contributed by atoms with Crippen LogP contribution >= 0.6 is 22.6 Å². The Morgan fingerprint density at radius 3 is 3.36 bits per heavy atom. The standard InChI is InChI=1S/C10H11IN2O/c11-7-1-2-12-10(5-7)13-3-4-14-9-6-8(9)13/h1-2,5,8-9H,3-4,6H2. The molecule has 1 aromatic rings. The molecule has 1 aromatic heterocycles. The molecule has 3 rings (SSSR count). The highest BCUT2D eigenvalue weighted by Crippen LogP contribution is 2.36. The van der Waals surface area contributed by atoms with Gasteiger partial charge in [-0.2, -0.15) is 0 Å². The van der Waals surface area contributed by atoms with Gasteiger partial charge in [0.05, 0.1) is 18.8 Å². The lowest BCUT2D eigenvalue weighted by molar-refractivity contribution is 0.103. The summed E-state index contributed by atoms with van der Waals surface area (Å²) in [5.74, 6) is 1.10. The van der Waals surface area contributed by atoms with Gasteiger partial charge in [0.15, 0.2) is 0 Å². The summed E-state index contributed by atoms with van der Waals surface area (Å²) in [6.07, 6.45) is 3.53. The van der Waals surface area contributed by atoms with Crippen LogP contribution in [0.5, 0.6) is 0 Å². The summed E-state index contributed by atoms with van der Waals surface area (Å²) < 4.78 is 6.81. The Balaban J connectivity index is 1.87. The van der Waals surface area contributed by atoms with E-state index in [2.05, 4.69) is 38.5 Å². The zero-order chi connectivity index (χ0) is 9.54. The molecule has 74 valence electrons. The predicted octanol–water partition coefficient (Wildman–Crippen LogP) is 1.66. The average molecular weight is 302 g/mol. The largest absolute Gasteiger partial charge is 0.374 e. The number of fused-ring (bicyclic) bond motifs is 1. The van der Waals surface area contributed by atoms with Gasteiger partial charge in [-0.3, -0.25) is 0 Å². The zero-order valence-electron chi connectivity index (χ0n) is 7.69. The van der Waals surface area contributed by atoms with Crippen molar-refractivity contribution in [3.05, 3.63) is 21.9 Å². The van der Waals surface area contributed by atoms with Crippen molar-refractivity contribution in [2.75, 3.05) is 18.1 Å². The van der Waals surface area contributed by atoms with E-state index in [0.29, 0.717) is 12.1 Å². The minimum absolute atomic E-state index is 0.475. The van der Waals surface area contributed by atoms with E-state index < -0.39 is 0 Å². The molecule has 2 heterocycles. The molecule has 2 atom stereocenters. The van der Waals surface area contributed by atoms with Crippen LogP contribution in [0, 0.1) is 3.57 Å². The molecule has 2 fully saturated rings. The third-order valence-electron chi connectivity index (χ3n) is 2.77. The van der Waals surface area contributed by atoms with Gasteiger partial charge in [-0.25, -0.2) is 4.98 Å². The first-order valence-corrected chi connectivity index (χ1v) is 5.92. The summed E-state index contributed by atoms with van der Waals surface area (Å²) in [6, 6.07) is 4.75. The van der Waals surface area contributed by atoms with Gasteiger partial charge in [0.1, 0.15) is 5.82 Å². The molecule has 1 saturated heterocycles. The zero-order valence-corrected chi connectivity index (χ0v) is 9.85. The number of halogens is 1. The van der Waals surface area contributed by atoms with E-state index in [1.807, 2.05) is 12.3 Å². The highest BCUT2D eigenvalue weighted by Gasteiger charge is 2.46. The number of aromatic nitrogens is 1. The maximum Gasteiger partial charge on any atom is 0.129 e. The number of morpholine rings is 1. The van der Waals surface area contributed by atoms with Crippen molar-refractivity contribution in [3.63, 3.8) is 0 Å². The van der Waals surface area contributed by atoms with E-state index >= 15 is 0 Å². The fourth-order valence-electron chi connectivity index (χ4n) is 1.97. The molecular weight excluding hydrogens is 291 g/mol. The highest BCUT2D eigenvalue weighted by molar-refractivity contribution is 14.1. The van der Waals surface area contributed by atoms with Crippen LogP contribution in [0.1, 0.15) is 6.42 Å². The van der Waals surface area contributed by atoms with E-state index in [9.17, 15) is 0 Å². The van der Waals surface area contributed by atoms with Crippen molar-refractivity contribution in [1.29, 1.82) is 0 Å². The molecule has 0 spiro atoms. The van der Waals surface area contributed by atoms with Crippen molar-refractivity contribution in [2.24, 2.45) is 0 Å². The summed E-state index contributed by atoms with van der Waals surface area (Å²) in [4.78, 5) is 6.78. The van der Waals surface area contributed by atoms with Crippen LogP contribution in [0.2, 0.25) is 0 Å². The summed E-state index contributed by atoms with van der Waals surface area (Å²) >= 11 is 2.32. The Labute approximate surface area is 96.6 Å². The smallest absolute Gasteiger partial charge is 0.129 e. The van der Waals surface area contributed by atoms with Crippen LogP contribution in [0.25, 0.3) is 0 Å². The molecule has 0 radical (unpaired) electrons. The molecule has 0 bridgehead atoms. The molecule has 0 N–H and O–H groups in total. The monoisotopic (exact) mass is 302 g/mol. The maximum atomic E-state index is 5.56. The van der Waals surface area contributed by atoms with Crippen LogP contribution in [0.3, 0.4) is 0 Å². The number of ether oxygens (including phenoxy) is 1. The number of nitrogens with zero attached hydrogens (tertiary/aromatic N) is 2. The molecule has 1 saturated carbocycles. The average Bonchev–Trinajstić information content (AvgIpc) is 2.95. The van der Waals surface area contributed by atoms with Crippen LogP contribution in [0.15, 0.2) is 18.3 Å². The van der Waals surface area contributed by atoms with Gasteiger partial charge in [-0.1, -0.05) is 0 Å². The van der Waals surface area contributed by atoms with Gasteiger partial charge in [0.2, 0.25) is 0 Å². The fraction of sp³-hybridized carbons (Fsp3) is 0.500. The fourth-order valence-corrected chi connectivity index (χ4v) is 2.41. The van der Waals surface area contributed by atoms with Gasteiger partial charge in [0, 0.05) is 16.3 Å². The van der Waals surface area contributed by atoms with Gasteiger partial charge in [0.25, 0.3) is 0 Å². The molecular formula is C10H11IN2O. The minimum Gasteiger partial charge on any atom is -0.374 e. The normalized spacial score (nSPS) is 29.9. The van der Waals surface area contributed by atoms with Crippen molar-refractivity contribution in [1.82, 2.24) is 4.98 Å². The van der Waals surface area contributed by atoms with Crippen molar-refractivity contribution in [3.8, 4) is 0 Å². The number of hydrogen-bond donors (Lipinski definition) is 0. The number of rotatable bonds is 1. The number of hydrogen-bond acceptors (Lipinski definition) is 3. The minimum atomic E-state index is 0.475. The lowest BCUT2D eigenvalue weighted by Crippen LogP contribution is -2.37. The van der Waals surface area contributed by atoms with E-state index in [0.717, 1.165) is 19.0 Å².